The molecular weight excluding hydrogens is 292 g/mol. The maximum atomic E-state index is 11.8. The number of nitrogens with zero attached hydrogens (tertiary/aromatic N) is 3. The number of aryl methyl sites for hydroxylation is 2. The zero-order valence-electron chi connectivity index (χ0n) is 13.6. The Morgan fingerprint density at radius 2 is 2.17 bits per heavy atom. The average molecular weight is 314 g/mol. The van der Waals surface area contributed by atoms with Crippen molar-refractivity contribution in [2.45, 2.75) is 39.2 Å². The number of carbonyl (C=O) groups is 1. The van der Waals surface area contributed by atoms with Gasteiger partial charge in [0.15, 0.2) is 5.82 Å². The fourth-order valence-electron chi connectivity index (χ4n) is 2.91. The van der Waals surface area contributed by atoms with Crippen molar-refractivity contribution in [3.05, 3.63) is 29.6 Å². The second kappa shape index (κ2) is 6.91. The lowest BCUT2D eigenvalue weighted by atomic mass is 10.1. The van der Waals surface area contributed by atoms with Crippen LogP contribution in [0.25, 0.3) is 11.4 Å². The van der Waals surface area contributed by atoms with Gasteiger partial charge in [-0.25, -0.2) is 0 Å². The number of carbonyl (C=O) groups excluding carboxylic acids is 1. The maximum Gasteiger partial charge on any atom is 0.250 e. The highest BCUT2D eigenvalue weighted by Gasteiger charge is 2.17. The molecule has 0 spiro atoms. The van der Waals surface area contributed by atoms with Crippen LogP contribution in [0.5, 0.6) is 0 Å². The molecule has 0 saturated carbocycles. The molecule has 1 amide bonds. The molecule has 122 valence electrons. The standard InChI is InChI=1S/C17H22N4O2/c1-12-7-8-13(10-14(12)18-16(22)11-23-2)17-20-19-15-6-4-3-5-9-21(15)17/h7-8,10H,3-6,9,11H2,1-2H3,(H,18,22). The number of nitrogens with one attached hydrogen (secondary N) is 1. The number of amides is 1. The van der Waals surface area contributed by atoms with E-state index < -0.39 is 0 Å². The third-order valence-electron chi connectivity index (χ3n) is 4.15. The normalized spacial score (nSPS) is 14.2. The van der Waals surface area contributed by atoms with Crippen LogP contribution in [-0.4, -0.2) is 34.4 Å². The Labute approximate surface area is 135 Å². The van der Waals surface area contributed by atoms with E-state index in [0.29, 0.717) is 0 Å². The molecule has 6 nitrogen and oxygen atoms in total. The minimum atomic E-state index is -0.159. The number of benzene rings is 1. The van der Waals surface area contributed by atoms with E-state index in [2.05, 4.69) is 20.1 Å². The molecule has 0 aliphatic carbocycles. The van der Waals surface area contributed by atoms with Gasteiger partial charge in [-0.05, 0) is 31.4 Å². The number of hydrogen-bond acceptors (Lipinski definition) is 4. The topological polar surface area (TPSA) is 69.0 Å². The zero-order chi connectivity index (χ0) is 16.2. The van der Waals surface area contributed by atoms with Crippen molar-refractivity contribution in [1.29, 1.82) is 0 Å². The lowest BCUT2D eigenvalue weighted by molar-refractivity contribution is -0.119. The number of methoxy groups -OCH3 is 1. The fraction of sp³-hybridized carbons (Fsp3) is 0.471. The van der Waals surface area contributed by atoms with E-state index in [1.54, 1.807) is 0 Å². The highest BCUT2D eigenvalue weighted by molar-refractivity contribution is 5.93. The fourth-order valence-corrected chi connectivity index (χ4v) is 2.91. The first-order valence-corrected chi connectivity index (χ1v) is 8.01. The SMILES string of the molecule is COCC(=O)Nc1cc(-c2nnc3n2CCCCC3)ccc1C. The summed E-state index contributed by atoms with van der Waals surface area (Å²) in [5.41, 5.74) is 2.77. The van der Waals surface area contributed by atoms with Crippen molar-refractivity contribution in [3.63, 3.8) is 0 Å². The molecule has 2 heterocycles. The van der Waals surface area contributed by atoms with Crippen LogP contribution in [0, 0.1) is 6.92 Å². The third-order valence-corrected chi connectivity index (χ3v) is 4.15. The van der Waals surface area contributed by atoms with Crippen LogP contribution in [0.4, 0.5) is 5.69 Å². The molecular formula is C17H22N4O2. The quantitative estimate of drug-likeness (QED) is 0.941. The molecule has 1 aliphatic heterocycles. The summed E-state index contributed by atoms with van der Waals surface area (Å²) in [5, 5.41) is 11.6. The summed E-state index contributed by atoms with van der Waals surface area (Å²) in [6.45, 7) is 2.97. The van der Waals surface area contributed by atoms with Gasteiger partial charge in [0.2, 0.25) is 5.91 Å². The molecule has 0 atom stereocenters. The summed E-state index contributed by atoms with van der Waals surface area (Å²) < 4.78 is 7.07. The molecule has 1 aromatic heterocycles. The van der Waals surface area contributed by atoms with Crippen LogP contribution in [-0.2, 0) is 22.5 Å². The summed E-state index contributed by atoms with van der Waals surface area (Å²) in [6, 6.07) is 5.99. The lowest BCUT2D eigenvalue weighted by Gasteiger charge is -2.11. The van der Waals surface area contributed by atoms with Gasteiger partial charge in [0.1, 0.15) is 12.4 Å². The van der Waals surface area contributed by atoms with E-state index in [-0.39, 0.29) is 12.5 Å². The van der Waals surface area contributed by atoms with Crippen molar-refractivity contribution in [2.24, 2.45) is 0 Å². The predicted octanol–water partition coefficient (Wildman–Crippen LogP) is 2.56. The van der Waals surface area contributed by atoms with Crippen LogP contribution in [0.15, 0.2) is 18.2 Å². The third kappa shape index (κ3) is 3.42. The van der Waals surface area contributed by atoms with E-state index in [0.717, 1.165) is 47.8 Å². The average Bonchev–Trinajstić information content (AvgIpc) is 2.78. The van der Waals surface area contributed by atoms with E-state index in [4.69, 9.17) is 4.74 Å². The van der Waals surface area contributed by atoms with E-state index in [9.17, 15) is 4.79 Å². The number of aromatic nitrogens is 3. The van der Waals surface area contributed by atoms with Gasteiger partial charge in [0.25, 0.3) is 0 Å². The van der Waals surface area contributed by atoms with Crippen LogP contribution in [0.2, 0.25) is 0 Å². The minimum absolute atomic E-state index is 0.0456. The molecule has 0 saturated heterocycles. The highest BCUT2D eigenvalue weighted by Crippen LogP contribution is 2.26. The molecule has 0 bridgehead atoms. The van der Waals surface area contributed by atoms with Crippen LogP contribution < -0.4 is 5.32 Å². The lowest BCUT2D eigenvalue weighted by Crippen LogP contribution is -2.17. The first kappa shape index (κ1) is 15.7. The van der Waals surface area contributed by atoms with Crippen molar-refractivity contribution in [3.8, 4) is 11.4 Å². The van der Waals surface area contributed by atoms with Crippen molar-refractivity contribution in [1.82, 2.24) is 14.8 Å². The van der Waals surface area contributed by atoms with Gasteiger partial charge in [-0.2, -0.15) is 0 Å². The molecule has 1 aliphatic rings. The van der Waals surface area contributed by atoms with Crippen molar-refractivity contribution < 1.29 is 9.53 Å². The van der Waals surface area contributed by atoms with Gasteiger partial charge >= 0.3 is 0 Å². The number of ether oxygens (including phenoxy) is 1. The van der Waals surface area contributed by atoms with Gasteiger partial charge in [0.05, 0.1) is 0 Å². The first-order valence-electron chi connectivity index (χ1n) is 8.01. The largest absolute Gasteiger partial charge is 0.375 e. The number of rotatable bonds is 4. The number of hydrogen-bond donors (Lipinski definition) is 1. The van der Waals surface area contributed by atoms with Gasteiger partial charge in [-0.1, -0.05) is 18.6 Å². The Balaban J connectivity index is 1.92. The second-order valence-electron chi connectivity index (χ2n) is 5.91. The van der Waals surface area contributed by atoms with Crippen LogP contribution >= 0.6 is 0 Å². The van der Waals surface area contributed by atoms with E-state index >= 15 is 0 Å². The minimum Gasteiger partial charge on any atom is -0.375 e. The first-order chi connectivity index (χ1) is 11.2. The van der Waals surface area contributed by atoms with Crippen molar-refractivity contribution >= 4 is 11.6 Å². The molecule has 1 N–H and O–H groups in total. The Hall–Kier alpha value is -2.21. The molecule has 2 aromatic rings. The Bertz CT molecular complexity index is 709. The summed E-state index contributed by atoms with van der Waals surface area (Å²) in [5.74, 6) is 1.78. The Kier molecular flexibility index (Phi) is 4.71. The maximum absolute atomic E-state index is 11.8. The second-order valence-corrected chi connectivity index (χ2v) is 5.91. The van der Waals surface area contributed by atoms with Crippen molar-refractivity contribution in [2.75, 3.05) is 19.0 Å². The number of anilines is 1. The van der Waals surface area contributed by atoms with E-state index in [1.165, 1.54) is 20.0 Å². The number of fused-ring (bicyclic) bond motifs is 1. The monoisotopic (exact) mass is 314 g/mol. The highest BCUT2D eigenvalue weighted by atomic mass is 16.5. The van der Waals surface area contributed by atoms with Crippen LogP contribution in [0.1, 0.15) is 30.7 Å². The molecule has 0 radical (unpaired) electrons. The zero-order valence-corrected chi connectivity index (χ0v) is 13.6. The molecule has 0 fully saturated rings. The molecule has 6 heteroatoms. The summed E-state index contributed by atoms with van der Waals surface area (Å²) in [4.78, 5) is 11.8. The predicted molar refractivity (Wildman–Crippen MR) is 88.3 cm³/mol. The Morgan fingerprint density at radius 1 is 1.30 bits per heavy atom. The smallest absolute Gasteiger partial charge is 0.250 e. The van der Waals surface area contributed by atoms with Gasteiger partial charge in [0, 0.05) is 31.3 Å². The van der Waals surface area contributed by atoms with Gasteiger partial charge < -0.3 is 14.6 Å². The molecule has 3 rings (SSSR count). The Morgan fingerprint density at radius 3 is 3.00 bits per heavy atom. The summed E-state index contributed by atoms with van der Waals surface area (Å²) in [6.07, 6.45) is 4.54. The van der Waals surface area contributed by atoms with Crippen LogP contribution in [0.3, 0.4) is 0 Å². The van der Waals surface area contributed by atoms with Gasteiger partial charge in [-0.3, -0.25) is 4.79 Å². The van der Waals surface area contributed by atoms with E-state index in [1.807, 2.05) is 25.1 Å². The summed E-state index contributed by atoms with van der Waals surface area (Å²) >= 11 is 0. The molecule has 1 aromatic carbocycles. The summed E-state index contributed by atoms with van der Waals surface area (Å²) in [7, 11) is 1.51. The molecule has 23 heavy (non-hydrogen) atoms. The molecule has 0 unspecified atom stereocenters. The van der Waals surface area contributed by atoms with Gasteiger partial charge in [-0.15, -0.1) is 10.2 Å².